The van der Waals surface area contributed by atoms with E-state index in [1.165, 1.54) is 12.1 Å². The summed E-state index contributed by atoms with van der Waals surface area (Å²) in [6, 6.07) is 10.1. The van der Waals surface area contributed by atoms with E-state index in [0.717, 1.165) is 41.4 Å². The number of hydrogen-bond donors (Lipinski definition) is 2. The number of unbranched alkanes of at least 4 members (excludes halogenated alkanes) is 2. The fraction of sp³-hybridized carbons (Fsp3) is 0.400. The molecule has 0 saturated heterocycles. The molecule has 0 saturated carbocycles. The number of benzene rings is 2. The average Bonchev–Trinajstić information content (AvgIpc) is 2.70. The smallest absolute Gasteiger partial charge is 0.269 e. The van der Waals surface area contributed by atoms with Crippen molar-refractivity contribution in [3.8, 4) is 11.5 Å². The molecule has 0 amide bonds. The zero-order chi connectivity index (χ0) is 20.4. The summed E-state index contributed by atoms with van der Waals surface area (Å²) < 4.78 is 12.2. The van der Waals surface area contributed by atoms with Gasteiger partial charge in [-0.1, -0.05) is 15.9 Å². The van der Waals surface area contributed by atoms with Crippen molar-refractivity contribution in [2.75, 3.05) is 20.3 Å². The van der Waals surface area contributed by atoms with Gasteiger partial charge in [0, 0.05) is 29.8 Å². The van der Waals surface area contributed by atoms with Gasteiger partial charge in [-0.2, -0.15) is 0 Å². The van der Waals surface area contributed by atoms with E-state index in [1.807, 2.05) is 12.1 Å². The van der Waals surface area contributed by atoms with Crippen LogP contribution in [0, 0.1) is 10.1 Å². The fourth-order valence-corrected chi connectivity index (χ4v) is 3.08. The largest absolute Gasteiger partial charge is 0.493 e. The van der Waals surface area contributed by atoms with Crippen molar-refractivity contribution in [2.24, 2.45) is 0 Å². The fourth-order valence-electron chi connectivity index (χ4n) is 2.62. The third-order valence-corrected chi connectivity index (χ3v) is 4.94. The lowest BCUT2D eigenvalue weighted by Gasteiger charge is -2.14. The lowest BCUT2D eigenvalue weighted by Crippen LogP contribution is -2.15. The molecule has 0 unspecified atom stereocenters. The molecule has 2 aromatic carbocycles. The summed E-state index contributed by atoms with van der Waals surface area (Å²) in [5.41, 5.74) is 1.94. The molecule has 2 rings (SSSR count). The van der Waals surface area contributed by atoms with Crippen LogP contribution in [0.1, 0.15) is 30.4 Å². The minimum absolute atomic E-state index is 0.0530. The van der Waals surface area contributed by atoms with Gasteiger partial charge in [0.05, 0.1) is 12.0 Å². The second-order valence-corrected chi connectivity index (χ2v) is 7.12. The van der Waals surface area contributed by atoms with Crippen LogP contribution >= 0.6 is 15.9 Å². The van der Waals surface area contributed by atoms with E-state index in [2.05, 4.69) is 21.2 Å². The van der Waals surface area contributed by atoms with Gasteiger partial charge in [-0.15, -0.1) is 0 Å². The van der Waals surface area contributed by atoms with E-state index in [4.69, 9.17) is 14.6 Å². The zero-order valence-electron chi connectivity index (χ0n) is 15.8. The van der Waals surface area contributed by atoms with Crippen LogP contribution in [0.25, 0.3) is 0 Å². The molecule has 0 aliphatic heterocycles. The second kappa shape index (κ2) is 11.6. The van der Waals surface area contributed by atoms with Crippen molar-refractivity contribution in [2.45, 2.75) is 32.4 Å². The maximum atomic E-state index is 10.7. The van der Waals surface area contributed by atoms with Crippen molar-refractivity contribution < 1.29 is 19.5 Å². The van der Waals surface area contributed by atoms with E-state index in [0.29, 0.717) is 18.0 Å². The van der Waals surface area contributed by atoms with Gasteiger partial charge >= 0.3 is 0 Å². The quantitative estimate of drug-likeness (QED) is 0.284. The molecule has 0 radical (unpaired) electrons. The van der Waals surface area contributed by atoms with E-state index >= 15 is 0 Å². The van der Waals surface area contributed by atoms with Crippen molar-refractivity contribution in [1.29, 1.82) is 0 Å². The molecule has 8 heteroatoms. The third-order valence-electron chi connectivity index (χ3n) is 4.20. The Hall–Kier alpha value is -2.16. The minimum atomic E-state index is -0.426. The number of methoxy groups -OCH3 is 1. The first kappa shape index (κ1) is 22.1. The highest BCUT2D eigenvalue weighted by molar-refractivity contribution is 9.10. The predicted octanol–water partition coefficient (Wildman–Crippen LogP) is 4.20. The Kier molecular flexibility index (Phi) is 9.19. The molecule has 0 fully saturated rings. The molecule has 0 aliphatic rings. The van der Waals surface area contributed by atoms with Gasteiger partial charge in [-0.05, 0) is 61.2 Å². The Morgan fingerprint density at radius 3 is 2.54 bits per heavy atom. The Bertz CT molecular complexity index is 768. The number of hydrogen-bond acceptors (Lipinski definition) is 6. The van der Waals surface area contributed by atoms with Gasteiger partial charge in [0.2, 0.25) is 0 Å². The van der Waals surface area contributed by atoms with Gasteiger partial charge in [-0.25, -0.2) is 0 Å². The normalized spacial score (nSPS) is 10.7. The van der Waals surface area contributed by atoms with Gasteiger partial charge in [0.15, 0.2) is 11.5 Å². The van der Waals surface area contributed by atoms with Crippen LogP contribution in [-0.4, -0.2) is 30.3 Å². The number of nitro groups is 1. The Labute approximate surface area is 172 Å². The maximum absolute atomic E-state index is 10.7. The van der Waals surface area contributed by atoms with Gasteiger partial charge in [-0.3, -0.25) is 10.1 Å². The van der Waals surface area contributed by atoms with Crippen molar-refractivity contribution in [1.82, 2.24) is 5.32 Å². The standard InChI is InChI=1S/C20H25BrN2O5/c1-27-19-11-16(13-22-9-3-2-4-10-24)18(21)12-20(19)28-14-15-5-7-17(8-6-15)23(25)26/h5-8,11-12,22,24H,2-4,9-10,13-14H2,1H3. The monoisotopic (exact) mass is 452 g/mol. The molecule has 0 aromatic heterocycles. The van der Waals surface area contributed by atoms with Crippen LogP contribution in [0.4, 0.5) is 5.69 Å². The molecule has 0 spiro atoms. The van der Waals surface area contributed by atoms with Crippen molar-refractivity contribution in [3.63, 3.8) is 0 Å². The van der Waals surface area contributed by atoms with E-state index < -0.39 is 4.92 Å². The molecule has 2 aromatic rings. The number of aliphatic hydroxyl groups is 1. The predicted molar refractivity (Wildman–Crippen MR) is 111 cm³/mol. The molecule has 0 heterocycles. The number of nitrogens with zero attached hydrogens (tertiary/aromatic N) is 1. The number of aliphatic hydroxyl groups excluding tert-OH is 1. The summed E-state index contributed by atoms with van der Waals surface area (Å²) in [5.74, 6) is 1.22. The van der Waals surface area contributed by atoms with Gasteiger partial charge < -0.3 is 19.9 Å². The molecule has 152 valence electrons. The molecule has 2 N–H and O–H groups in total. The third kappa shape index (κ3) is 6.78. The zero-order valence-corrected chi connectivity index (χ0v) is 17.4. The molecule has 0 bridgehead atoms. The van der Waals surface area contributed by atoms with Crippen LogP contribution in [0.5, 0.6) is 11.5 Å². The number of nitro benzene ring substituents is 1. The summed E-state index contributed by atoms with van der Waals surface area (Å²) in [6.45, 7) is 2.10. The molecular weight excluding hydrogens is 428 g/mol. The number of non-ortho nitro benzene ring substituents is 1. The first-order valence-corrected chi connectivity index (χ1v) is 9.88. The van der Waals surface area contributed by atoms with E-state index in [9.17, 15) is 10.1 Å². The number of ether oxygens (including phenoxy) is 2. The number of halogens is 1. The molecule has 0 atom stereocenters. The lowest BCUT2D eigenvalue weighted by atomic mass is 10.2. The van der Waals surface area contributed by atoms with Crippen LogP contribution in [0.15, 0.2) is 40.9 Å². The molecular formula is C20H25BrN2O5. The number of rotatable bonds is 12. The average molecular weight is 453 g/mol. The summed E-state index contributed by atoms with van der Waals surface area (Å²) in [5, 5.41) is 22.9. The van der Waals surface area contributed by atoms with Crippen LogP contribution in [-0.2, 0) is 13.2 Å². The minimum Gasteiger partial charge on any atom is -0.493 e. The summed E-state index contributed by atoms with van der Waals surface area (Å²) in [6.07, 6.45) is 2.86. The van der Waals surface area contributed by atoms with Crippen LogP contribution in [0.3, 0.4) is 0 Å². The highest BCUT2D eigenvalue weighted by Crippen LogP contribution is 2.34. The van der Waals surface area contributed by atoms with Crippen LogP contribution < -0.4 is 14.8 Å². The van der Waals surface area contributed by atoms with Crippen LogP contribution in [0.2, 0.25) is 0 Å². The Morgan fingerprint density at radius 2 is 1.89 bits per heavy atom. The molecule has 7 nitrogen and oxygen atoms in total. The van der Waals surface area contributed by atoms with Crippen molar-refractivity contribution >= 4 is 21.6 Å². The Balaban J connectivity index is 1.95. The van der Waals surface area contributed by atoms with E-state index in [-0.39, 0.29) is 18.9 Å². The first-order chi connectivity index (χ1) is 13.5. The van der Waals surface area contributed by atoms with E-state index in [1.54, 1.807) is 19.2 Å². The van der Waals surface area contributed by atoms with Crippen molar-refractivity contribution in [3.05, 3.63) is 62.1 Å². The first-order valence-electron chi connectivity index (χ1n) is 9.09. The molecule has 28 heavy (non-hydrogen) atoms. The summed E-state index contributed by atoms with van der Waals surface area (Å²) >= 11 is 3.57. The van der Waals surface area contributed by atoms with Gasteiger partial charge in [0.1, 0.15) is 6.61 Å². The number of nitrogens with one attached hydrogen (secondary N) is 1. The summed E-state index contributed by atoms with van der Waals surface area (Å²) in [7, 11) is 1.59. The van der Waals surface area contributed by atoms with Gasteiger partial charge in [0.25, 0.3) is 5.69 Å². The SMILES string of the molecule is COc1cc(CNCCCCCO)c(Br)cc1OCc1ccc([N+](=O)[O-])cc1. The highest BCUT2D eigenvalue weighted by atomic mass is 79.9. The summed E-state index contributed by atoms with van der Waals surface area (Å²) in [4.78, 5) is 10.3. The topological polar surface area (TPSA) is 93.9 Å². The maximum Gasteiger partial charge on any atom is 0.269 e. The Morgan fingerprint density at radius 1 is 1.14 bits per heavy atom. The molecule has 0 aliphatic carbocycles. The highest BCUT2D eigenvalue weighted by Gasteiger charge is 2.11. The lowest BCUT2D eigenvalue weighted by molar-refractivity contribution is -0.384. The second-order valence-electron chi connectivity index (χ2n) is 6.27.